The Morgan fingerprint density at radius 1 is 1.50 bits per heavy atom. The first-order chi connectivity index (χ1) is 6.69. The van der Waals surface area contributed by atoms with Gasteiger partial charge in [0.15, 0.2) is 0 Å². The Kier molecular flexibility index (Phi) is 4.17. The fourth-order valence-corrected chi connectivity index (χ4v) is 1.37. The number of rotatable bonds is 4. The van der Waals surface area contributed by atoms with Crippen LogP contribution < -0.4 is 10.1 Å². The standard InChI is InChI=1S/C10H13ClFNO/c1-13-4-3-7-5-8(12)10(11)9(6-7)14-2/h5-6,13H,3-4H2,1-2H3. The largest absolute Gasteiger partial charge is 0.495 e. The van der Waals surface area contributed by atoms with Crippen molar-refractivity contribution in [3.63, 3.8) is 0 Å². The van der Waals surface area contributed by atoms with Crippen molar-refractivity contribution in [2.24, 2.45) is 0 Å². The number of ether oxygens (including phenoxy) is 1. The average Bonchev–Trinajstić information content (AvgIpc) is 2.19. The summed E-state index contributed by atoms with van der Waals surface area (Å²) in [5.41, 5.74) is 0.873. The van der Waals surface area contributed by atoms with E-state index in [9.17, 15) is 4.39 Å². The average molecular weight is 218 g/mol. The molecule has 0 saturated heterocycles. The lowest BCUT2D eigenvalue weighted by atomic mass is 10.1. The van der Waals surface area contributed by atoms with E-state index in [0.717, 1.165) is 18.5 Å². The molecule has 0 atom stereocenters. The van der Waals surface area contributed by atoms with Gasteiger partial charge in [0, 0.05) is 0 Å². The lowest BCUT2D eigenvalue weighted by Gasteiger charge is -2.07. The third-order valence-corrected chi connectivity index (χ3v) is 2.31. The van der Waals surface area contributed by atoms with Gasteiger partial charge in [-0.05, 0) is 37.7 Å². The van der Waals surface area contributed by atoms with Crippen LogP contribution in [0.25, 0.3) is 0 Å². The molecule has 1 aromatic rings. The molecule has 0 saturated carbocycles. The zero-order chi connectivity index (χ0) is 10.6. The molecule has 4 heteroatoms. The molecule has 0 bridgehead atoms. The van der Waals surface area contributed by atoms with Gasteiger partial charge < -0.3 is 10.1 Å². The molecule has 0 heterocycles. The topological polar surface area (TPSA) is 21.3 Å². The fraction of sp³-hybridized carbons (Fsp3) is 0.400. The molecule has 0 amide bonds. The number of hydrogen-bond acceptors (Lipinski definition) is 2. The Morgan fingerprint density at radius 2 is 2.21 bits per heavy atom. The van der Waals surface area contributed by atoms with Crippen LogP contribution in [0.15, 0.2) is 12.1 Å². The second-order valence-electron chi connectivity index (χ2n) is 2.95. The first kappa shape index (κ1) is 11.3. The molecule has 0 aromatic heterocycles. The van der Waals surface area contributed by atoms with Crippen LogP contribution >= 0.6 is 11.6 Å². The summed E-state index contributed by atoms with van der Waals surface area (Å²) in [6.07, 6.45) is 0.751. The molecular weight excluding hydrogens is 205 g/mol. The van der Waals surface area contributed by atoms with E-state index < -0.39 is 5.82 Å². The summed E-state index contributed by atoms with van der Waals surface area (Å²) in [6, 6.07) is 3.19. The van der Waals surface area contributed by atoms with E-state index in [2.05, 4.69) is 5.32 Å². The summed E-state index contributed by atoms with van der Waals surface area (Å²) in [6.45, 7) is 0.796. The van der Waals surface area contributed by atoms with Gasteiger partial charge in [-0.3, -0.25) is 0 Å². The monoisotopic (exact) mass is 217 g/mol. The Morgan fingerprint density at radius 3 is 2.79 bits per heavy atom. The normalized spacial score (nSPS) is 10.3. The number of hydrogen-bond donors (Lipinski definition) is 1. The van der Waals surface area contributed by atoms with E-state index >= 15 is 0 Å². The van der Waals surface area contributed by atoms with Gasteiger partial charge in [-0.1, -0.05) is 11.6 Å². The summed E-state index contributed by atoms with van der Waals surface area (Å²) in [4.78, 5) is 0. The summed E-state index contributed by atoms with van der Waals surface area (Å²) in [5, 5.41) is 3.03. The second-order valence-corrected chi connectivity index (χ2v) is 3.33. The van der Waals surface area contributed by atoms with E-state index in [1.807, 2.05) is 7.05 Å². The molecule has 78 valence electrons. The molecule has 0 radical (unpaired) electrons. The first-order valence-corrected chi connectivity index (χ1v) is 4.73. The second kappa shape index (κ2) is 5.17. The van der Waals surface area contributed by atoms with Crippen molar-refractivity contribution in [3.05, 3.63) is 28.5 Å². The van der Waals surface area contributed by atoms with E-state index in [1.165, 1.54) is 13.2 Å². The van der Waals surface area contributed by atoms with Gasteiger partial charge in [0.2, 0.25) is 0 Å². The van der Waals surface area contributed by atoms with Crippen molar-refractivity contribution in [2.45, 2.75) is 6.42 Å². The highest BCUT2D eigenvalue weighted by Gasteiger charge is 2.08. The molecule has 1 rings (SSSR count). The van der Waals surface area contributed by atoms with Gasteiger partial charge in [-0.2, -0.15) is 0 Å². The van der Waals surface area contributed by atoms with Crippen LogP contribution in [0.2, 0.25) is 5.02 Å². The first-order valence-electron chi connectivity index (χ1n) is 4.35. The summed E-state index contributed by atoms with van der Waals surface area (Å²) in [5.74, 6) is -0.0464. The van der Waals surface area contributed by atoms with Crippen molar-refractivity contribution >= 4 is 11.6 Å². The number of methoxy groups -OCH3 is 1. The highest BCUT2D eigenvalue weighted by molar-refractivity contribution is 6.32. The summed E-state index contributed by atoms with van der Waals surface area (Å²) >= 11 is 5.68. The third-order valence-electron chi connectivity index (χ3n) is 1.94. The summed E-state index contributed by atoms with van der Waals surface area (Å²) in [7, 11) is 3.33. The van der Waals surface area contributed by atoms with Crippen LogP contribution in [0.3, 0.4) is 0 Å². The van der Waals surface area contributed by atoms with Gasteiger partial charge in [0.1, 0.15) is 16.6 Å². The lowest BCUT2D eigenvalue weighted by molar-refractivity contribution is 0.411. The van der Waals surface area contributed by atoms with Crippen molar-refractivity contribution in [1.82, 2.24) is 5.32 Å². The molecular formula is C10H13ClFNO. The number of nitrogens with one attached hydrogen (secondary N) is 1. The van der Waals surface area contributed by atoms with Gasteiger partial charge in [-0.25, -0.2) is 4.39 Å². The molecule has 0 aliphatic carbocycles. The van der Waals surface area contributed by atoms with Crippen LogP contribution in [0.4, 0.5) is 4.39 Å². The maximum atomic E-state index is 13.2. The zero-order valence-electron chi connectivity index (χ0n) is 8.23. The Bertz CT molecular complexity index is 317. The minimum atomic E-state index is -0.433. The van der Waals surface area contributed by atoms with Crippen molar-refractivity contribution in [2.75, 3.05) is 20.7 Å². The van der Waals surface area contributed by atoms with Crippen LogP contribution in [0.1, 0.15) is 5.56 Å². The third kappa shape index (κ3) is 2.59. The van der Waals surface area contributed by atoms with E-state index in [1.54, 1.807) is 6.07 Å². The lowest BCUT2D eigenvalue weighted by Crippen LogP contribution is -2.10. The molecule has 0 unspecified atom stereocenters. The Hall–Kier alpha value is -0.800. The van der Waals surface area contributed by atoms with E-state index in [4.69, 9.17) is 16.3 Å². The van der Waals surface area contributed by atoms with Crippen LogP contribution in [-0.4, -0.2) is 20.7 Å². The van der Waals surface area contributed by atoms with Gasteiger partial charge in [-0.15, -0.1) is 0 Å². The van der Waals surface area contributed by atoms with Gasteiger partial charge in [0.25, 0.3) is 0 Å². The smallest absolute Gasteiger partial charge is 0.145 e. The highest BCUT2D eigenvalue weighted by Crippen LogP contribution is 2.28. The van der Waals surface area contributed by atoms with E-state index in [-0.39, 0.29) is 5.02 Å². The van der Waals surface area contributed by atoms with Crippen molar-refractivity contribution < 1.29 is 9.13 Å². The zero-order valence-corrected chi connectivity index (χ0v) is 8.99. The van der Waals surface area contributed by atoms with Crippen molar-refractivity contribution in [1.29, 1.82) is 0 Å². The molecule has 0 spiro atoms. The van der Waals surface area contributed by atoms with Crippen LogP contribution in [0, 0.1) is 5.82 Å². The Balaban J connectivity index is 2.91. The number of halogens is 2. The molecule has 0 aliphatic rings. The molecule has 0 aliphatic heterocycles. The number of likely N-dealkylation sites (N-methyl/N-ethyl adjacent to an activating group) is 1. The predicted octanol–water partition coefficient (Wildman–Crippen LogP) is 2.25. The Labute approximate surface area is 88.0 Å². The summed E-state index contributed by atoms with van der Waals surface area (Å²) < 4.78 is 18.2. The minimum absolute atomic E-state index is 0.0423. The van der Waals surface area contributed by atoms with E-state index in [0.29, 0.717) is 5.75 Å². The maximum Gasteiger partial charge on any atom is 0.145 e. The number of benzene rings is 1. The van der Waals surface area contributed by atoms with Gasteiger partial charge >= 0.3 is 0 Å². The molecule has 14 heavy (non-hydrogen) atoms. The molecule has 1 N–H and O–H groups in total. The van der Waals surface area contributed by atoms with Crippen LogP contribution in [0.5, 0.6) is 5.75 Å². The predicted molar refractivity (Wildman–Crippen MR) is 55.6 cm³/mol. The molecule has 0 fully saturated rings. The molecule has 1 aromatic carbocycles. The van der Waals surface area contributed by atoms with Crippen LogP contribution in [-0.2, 0) is 6.42 Å². The quantitative estimate of drug-likeness (QED) is 0.836. The fourth-order valence-electron chi connectivity index (χ4n) is 1.18. The van der Waals surface area contributed by atoms with Crippen molar-refractivity contribution in [3.8, 4) is 5.75 Å². The minimum Gasteiger partial charge on any atom is -0.495 e. The van der Waals surface area contributed by atoms with Gasteiger partial charge in [0.05, 0.1) is 7.11 Å². The highest BCUT2D eigenvalue weighted by atomic mass is 35.5. The maximum absolute atomic E-state index is 13.2. The molecule has 2 nitrogen and oxygen atoms in total. The SMILES string of the molecule is CNCCc1cc(F)c(Cl)c(OC)c1.